The van der Waals surface area contributed by atoms with Gasteiger partial charge in [-0.2, -0.15) is 0 Å². The Kier molecular flexibility index (Phi) is 5.10. The number of halogens is 1. The summed E-state index contributed by atoms with van der Waals surface area (Å²) in [5.41, 5.74) is 1.63. The van der Waals surface area contributed by atoms with Gasteiger partial charge in [0.25, 0.3) is 0 Å². The van der Waals surface area contributed by atoms with Gasteiger partial charge in [0.2, 0.25) is 0 Å². The summed E-state index contributed by atoms with van der Waals surface area (Å²) in [6.45, 7) is 5.46. The number of aryl methyl sites for hydroxylation is 1. The van der Waals surface area contributed by atoms with Gasteiger partial charge in [0.15, 0.2) is 0 Å². The zero-order chi connectivity index (χ0) is 12.8. The summed E-state index contributed by atoms with van der Waals surface area (Å²) < 4.78 is 13.5. The lowest BCUT2D eigenvalue weighted by Gasteiger charge is -2.20. The fourth-order valence-corrected chi connectivity index (χ4v) is 1.67. The highest BCUT2D eigenvalue weighted by Gasteiger charge is 2.09. The Morgan fingerprint density at radius 2 is 2.18 bits per heavy atom. The van der Waals surface area contributed by atoms with Crippen LogP contribution in [0.5, 0.6) is 0 Å². The van der Waals surface area contributed by atoms with Crippen LogP contribution in [0.25, 0.3) is 0 Å². The number of rotatable bonds is 6. The predicted octanol–water partition coefficient (Wildman–Crippen LogP) is 2.43. The maximum atomic E-state index is 13.5. The van der Waals surface area contributed by atoms with Crippen LogP contribution in [0.1, 0.15) is 24.5 Å². The molecule has 0 aliphatic heterocycles. The van der Waals surface area contributed by atoms with Gasteiger partial charge in [0, 0.05) is 18.7 Å². The van der Waals surface area contributed by atoms with Crippen molar-refractivity contribution in [3.8, 4) is 0 Å². The normalized spacial score (nSPS) is 10.8. The summed E-state index contributed by atoms with van der Waals surface area (Å²) >= 11 is 0. The van der Waals surface area contributed by atoms with Crippen molar-refractivity contribution in [2.75, 3.05) is 13.1 Å². The topological polar surface area (TPSA) is 40.5 Å². The second kappa shape index (κ2) is 6.35. The van der Waals surface area contributed by atoms with Gasteiger partial charge in [-0.05, 0) is 19.5 Å². The highest BCUT2D eigenvalue weighted by molar-refractivity contribution is 5.66. The van der Waals surface area contributed by atoms with Crippen LogP contribution in [0.4, 0.5) is 4.39 Å². The van der Waals surface area contributed by atoms with Crippen molar-refractivity contribution in [3.63, 3.8) is 0 Å². The molecule has 0 fully saturated rings. The van der Waals surface area contributed by atoms with E-state index in [4.69, 9.17) is 5.11 Å². The minimum atomic E-state index is -0.826. The van der Waals surface area contributed by atoms with E-state index >= 15 is 0 Å². The van der Waals surface area contributed by atoms with Gasteiger partial charge in [0.05, 0.1) is 6.42 Å². The molecule has 0 amide bonds. The van der Waals surface area contributed by atoms with Crippen molar-refractivity contribution in [2.24, 2.45) is 0 Å². The SMILES string of the molecule is CCN(CCC(=O)O)Cc1cc(C)ccc1F. The maximum Gasteiger partial charge on any atom is 0.304 e. The van der Waals surface area contributed by atoms with Crippen molar-refractivity contribution in [3.05, 3.63) is 35.1 Å². The van der Waals surface area contributed by atoms with Crippen molar-refractivity contribution in [1.29, 1.82) is 0 Å². The first-order valence-electron chi connectivity index (χ1n) is 5.72. The second-order valence-corrected chi connectivity index (χ2v) is 4.11. The molecular formula is C13H18FNO2. The zero-order valence-corrected chi connectivity index (χ0v) is 10.2. The first-order valence-corrected chi connectivity index (χ1v) is 5.72. The first kappa shape index (κ1) is 13.6. The first-order chi connectivity index (χ1) is 8.02. The van der Waals surface area contributed by atoms with Crippen LogP contribution in [0.3, 0.4) is 0 Å². The molecule has 0 spiro atoms. The Hall–Kier alpha value is -1.42. The fraction of sp³-hybridized carbons (Fsp3) is 0.462. The van der Waals surface area contributed by atoms with E-state index in [2.05, 4.69) is 0 Å². The van der Waals surface area contributed by atoms with E-state index in [1.54, 1.807) is 12.1 Å². The van der Waals surface area contributed by atoms with Crippen LogP contribution in [0.2, 0.25) is 0 Å². The summed E-state index contributed by atoms with van der Waals surface area (Å²) in [4.78, 5) is 12.4. The molecule has 1 aromatic carbocycles. The van der Waals surface area contributed by atoms with Gasteiger partial charge >= 0.3 is 5.97 Å². The maximum absolute atomic E-state index is 13.5. The number of benzene rings is 1. The van der Waals surface area contributed by atoms with Gasteiger partial charge in [-0.1, -0.05) is 24.6 Å². The van der Waals surface area contributed by atoms with E-state index in [9.17, 15) is 9.18 Å². The van der Waals surface area contributed by atoms with E-state index in [0.29, 0.717) is 25.2 Å². The third-order valence-electron chi connectivity index (χ3n) is 2.68. The second-order valence-electron chi connectivity index (χ2n) is 4.11. The molecule has 1 aromatic rings. The Balaban J connectivity index is 2.66. The Morgan fingerprint density at radius 3 is 2.76 bits per heavy atom. The van der Waals surface area contributed by atoms with Crippen molar-refractivity contribution in [2.45, 2.75) is 26.8 Å². The van der Waals surface area contributed by atoms with E-state index in [0.717, 1.165) is 5.56 Å². The quantitative estimate of drug-likeness (QED) is 0.828. The highest BCUT2D eigenvalue weighted by atomic mass is 19.1. The Morgan fingerprint density at radius 1 is 1.47 bits per heavy atom. The lowest BCUT2D eigenvalue weighted by Crippen LogP contribution is -2.26. The molecule has 0 saturated carbocycles. The monoisotopic (exact) mass is 239 g/mol. The highest BCUT2D eigenvalue weighted by Crippen LogP contribution is 2.12. The van der Waals surface area contributed by atoms with Crippen LogP contribution in [-0.4, -0.2) is 29.1 Å². The number of hydrogen-bond donors (Lipinski definition) is 1. The molecule has 0 aliphatic rings. The molecule has 94 valence electrons. The number of carboxylic acid groups (broad SMARTS) is 1. The number of hydrogen-bond acceptors (Lipinski definition) is 2. The third kappa shape index (κ3) is 4.53. The smallest absolute Gasteiger partial charge is 0.304 e. The van der Waals surface area contributed by atoms with Crippen LogP contribution >= 0.6 is 0 Å². The molecule has 1 N–H and O–H groups in total. The molecule has 0 saturated heterocycles. The molecule has 0 aromatic heterocycles. The molecule has 0 bridgehead atoms. The van der Waals surface area contributed by atoms with Crippen molar-refractivity contribution in [1.82, 2.24) is 4.90 Å². The van der Waals surface area contributed by atoms with E-state index in [1.807, 2.05) is 18.7 Å². The van der Waals surface area contributed by atoms with Crippen LogP contribution in [0.15, 0.2) is 18.2 Å². The molecule has 0 unspecified atom stereocenters. The summed E-state index contributed by atoms with van der Waals surface area (Å²) in [5, 5.41) is 8.62. The van der Waals surface area contributed by atoms with E-state index in [-0.39, 0.29) is 12.2 Å². The zero-order valence-electron chi connectivity index (χ0n) is 10.2. The molecule has 0 atom stereocenters. The molecule has 1 rings (SSSR count). The summed E-state index contributed by atoms with van der Waals surface area (Å²) in [7, 11) is 0. The molecule has 0 aliphatic carbocycles. The summed E-state index contributed by atoms with van der Waals surface area (Å²) in [6, 6.07) is 4.99. The molecule has 17 heavy (non-hydrogen) atoms. The molecule has 0 radical (unpaired) electrons. The molecule has 0 heterocycles. The minimum absolute atomic E-state index is 0.0846. The average Bonchev–Trinajstić information content (AvgIpc) is 2.28. The van der Waals surface area contributed by atoms with Crippen LogP contribution in [-0.2, 0) is 11.3 Å². The lowest BCUT2D eigenvalue weighted by molar-refractivity contribution is -0.137. The van der Waals surface area contributed by atoms with Gasteiger partial charge in [-0.3, -0.25) is 9.69 Å². The van der Waals surface area contributed by atoms with E-state index < -0.39 is 5.97 Å². The summed E-state index contributed by atoms with van der Waals surface area (Å²) in [5.74, 6) is -1.06. The lowest BCUT2D eigenvalue weighted by atomic mass is 10.1. The largest absolute Gasteiger partial charge is 0.481 e. The minimum Gasteiger partial charge on any atom is -0.481 e. The van der Waals surface area contributed by atoms with Gasteiger partial charge in [-0.25, -0.2) is 4.39 Å². The van der Waals surface area contributed by atoms with Crippen LogP contribution < -0.4 is 0 Å². The molecular weight excluding hydrogens is 221 g/mol. The van der Waals surface area contributed by atoms with Gasteiger partial charge in [-0.15, -0.1) is 0 Å². The third-order valence-corrected chi connectivity index (χ3v) is 2.68. The molecule has 3 nitrogen and oxygen atoms in total. The van der Waals surface area contributed by atoms with E-state index in [1.165, 1.54) is 6.07 Å². The number of aliphatic carboxylic acids is 1. The van der Waals surface area contributed by atoms with Gasteiger partial charge < -0.3 is 5.11 Å². The number of carboxylic acids is 1. The standard InChI is InChI=1S/C13H18FNO2/c1-3-15(7-6-13(16)17)9-11-8-10(2)4-5-12(11)14/h4-5,8H,3,6-7,9H2,1-2H3,(H,16,17). The molecule has 4 heteroatoms. The fourth-order valence-electron chi connectivity index (χ4n) is 1.67. The summed E-state index contributed by atoms with van der Waals surface area (Å²) in [6.07, 6.45) is 0.0846. The number of nitrogens with zero attached hydrogens (tertiary/aromatic N) is 1. The Bertz CT molecular complexity index is 393. The average molecular weight is 239 g/mol. The Labute approximate surface area is 101 Å². The van der Waals surface area contributed by atoms with Crippen molar-refractivity contribution >= 4 is 5.97 Å². The predicted molar refractivity (Wildman–Crippen MR) is 64.3 cm³/mol. The van der Waals surface area contributed by atoms with Crippen LogP contribution in [0, 0.1) is 12.7 Å². The van der Waals surface area contributed by atoms with Gasteiger partial charge in [0.1, 0.15) is 5.82 Å². The number of carbonyl (C=O) groups is 1. The van der Waals surface area contributed by atoms with Crippen molar-refractivity contribution < 1.29 is 14.3 Å².